The van der Waals surface area contributed by atoms with Crippen molar-refractivity contribution >= 4 is 28.3 Å². The van der Waals surface area contributed by atoms with Gasteiger partial charge in [0.2, 0.25) is 5.89 Å². The molecule has 4 heteroatoms. The van der Waals surface area contributed by atoms with E-state index < -0.39 is 0 Å². The van der Waals surface area contributed by atoms with Crippen LogP contribution < -0.4 is 4.90 Å². The number of para-hydroxylation sites is 2. The van der Waals surface area contributed by atoms with Gasteiger partial charge in [-0.1, -0.05) is 50.2 Å². The Kier molecular flexibility index (Phi) is 3.78. The van der Waals surface area contributed by atoms with Gasteiger partial charge >= 0.3 is 0 Å². The lowest BCUT2D eigenvalue weighted by atomic mass is 9.73. The fraction of sp³-hybridized carbons (Fsp3) is 0.111. The Bertz CT molecular complexity index is 1330. The van der Waals surface area contributed by atoms with Crippen molar-refractivity contribution < 1.29 is 4.42 Å². The van der Waals surface area contributed by atoms with E-state index in [1.165, 1.54) is 22.5 Å². The molecular formula is C27H21N3O. The summed E-state index contributed by atoms with van der Waals surface area (Å²) in [5.41, 5.74) is 8.37. The van der Waals surface area contributed by atoms with E-state index in [0.29, 0.717) is 17.1 Å². The third-order valence-corrected chi connectivity index (χ3v) is 6.17. The second-order valence-corrected chi connectivity index (χ2v) is 8.39. The van der Waals surface area contributed by atoms with Gasteiger partial charge in [0.1, 0.15) is 0 Å². The number of aromatic nitrogens is 2. The normalized spacial score (nSPS) is 14.3. The largest absolute Gasteiger partial charge is 0.434 e. The summed E-state index contributed by atoms with van der Waals surface area (Å²) in [6.45, 7) is 4.60. The molecule has 6 rings (SSSR count). The first-order valence-corrected chi connectivity index (χ1v) is 10.4. The fourth-order valence-electron chi connectivity index (χ4n) is 4.59. The molecule has 0 atom stereocenters. The molecule has 0 unspecified atom stereocenters. The second-order valence-electron chi connectivity index (χ2n) is 8.39. The maximum absolute atomic E-state index is 5.89. The molecule has 0 spiro atoms. The van der Waals surface area contributed by atoms with Gasteiger partial charge < -0.3 is 9.32 Å². The maximum Gasteiger partial charge on any atom is 0.228 e. The summed E-state index contributed by atoms with van der Waals surface area (Å²) >= 11 is 0. The summed E-state index contributed by atoms with van der Waals surface area (Å²) in [6, 6.07) is 29.4. The Morgan fingerprint density at radius 2 is 1.39 bits per heavy atom. The van der Waals surface area contributed by atoms with Crippen molar-refractivity contribution in [1.29, 1.82) is 0 Å². The molecule has 0 amide bonds. The van der Waals surface area contributed by atoms with Gasteiger partial charge in [-0.15, -0.1) is 0 Å². The van der Waals surface area contributed by atoms with Gasteiger partial charge in [0.15, 0.2) is 11.2 Å². The van der Waals surface area contributed by atoms with E-state index in [1.54, 1.807) is 6.20 Å². The molecule has 0 saturated heterocycles. The molecule has 2 aromatic heterocycles. The summed E-state index contributed by atoms with van der Waals surface area (Å²) in [5, 5.41) is 0. The van der Waals surface area contributed by atoms with Gasteiger partial charge in [0.25, 0.3) is 0 Å². The molecule has 0 N–H and O–H groups in total. The lowest BCUT2D eigenvalue weighted by Crippen LogP contribution is -2.30. The number of pyridine rings is 1. The Morgan fingerprint density at radius 3 is 2.03 bits per heavy atom. The zero-order valence-electron chi connectivity index (χ0n) is 17.4. The zero-order valence-corrected chi connectivity index (χ0v) is 17.4. The highest BCUT2D eigenvalue weighted by molar-refractivity contribution is 5.86. The lowest BCUT2D eigenvalue weighted by molar-refractivity contribution is 0.619. The summed E-state index contributed by atoms with van der Waals surface area (Å²) in [5.74, 6) is 0.584. The number of hydrogen-bond donors (Lipinski definition) is 0. The van der Waals surface area contributed by atoms with Crippen molar-refractivity contribution in [3.05, 3.63) is 102 Å². The minimum absolute atomic E-state index is 0.0607. The van der Waals surface area contributed by atoms with Crippen LogP contribution in [0, 0.1) is 0 Å². The van der Waals surface area contributed by atoms with E-state index >= 15 is 0 Å². The standard InChI is InChI=1S/C27H21N3O/c1-27(2)20-8-3-5-10-22(20)30(23-11-6-4-9-21(23)27)19-15-13-18(14-16-19)26-29-25-24(31-26)12-7-17-28-25/h3-17H,1-2H3. The first kappa shape index (κ1) is 17.9. The maximum atomic E-state index is 5.89. The van der Waals surface area contributed by atoms with Crippen LogP contribution >= 0.6 is 0 Å². The van der Waals surface area contributed by atoms with Crippen molar-refractivity contribution in [1.82, 2.24) is 9.97 Å². The van der Waals surface area contributed by atoms with Gasteiger partial charge in [-0.3, -0.25) is 0 Å². The van der Waals surface area contributed by atoms with E-state index in [0.717, 1.165) is 11.3 Å². The molecule has 5 aromatic rings. The molecule has 0 bridgehead atoms. The van der Waals surface area contributed by atoms with Crippen LogP contribution in [0.4, 0.5) is 17.1 Å². The van der Waals surface area contributed by atoms with Crippen molar-refractivity contribution in [2.24, 2.45) is 0 Å². The van der Waals surface area contributed by atoms with E-state index in [1.807, 2.05) is 12.1 Å². The lowest BCUT2D eigenvalue weighted by Gasteiger charge is -2.42. The first-order chi connectivity index (χ1) is 15.1. The zero-order chi connectivity index (χ0) is 21.0. The van der Waals surface area contributed by atoms with E-state index in [4.69, 9.17) is 4.42 Å². The van der Waals surface area contributed by atoms with Crippen LogP contribution in [0.3, 0.4) is 0 Å². The number of rotatable bonds is 2. The van der Waals surface area contributed by atoms with Crippen LogP contribution in [0.25, 0.3) is 22.7 Å². The average molecular weight is 403 g/mol. The van der Waals surface area contributed by atoms with E-state index in [-0.39, 0.29) is 5.41 Å². The van der Waals surface area contributed by atoms with Crippen molar-refractivity contribution in [3.8, 4) is 11.5 Å². The third-order valence-electron chi connectivity index (χ3n) is 6.17. The fourth-order valence-corrected chi connectivity index (χ4v) is 4.59. The molecule has 0 saturated carbocycles. The van der Waals surface area contributed by atoms with Gasteiger partial charge in [0, 0.05) is 22.9 Å². The predicted octanol–water partition coefficient (Wildman–Crippen LogP) is 7.00. The Hall–Kier alpha value is -3.92. The van der Waals surface area contributed by atoms with Crippen molar-refractivity contribution in [3.63, 3.8) is 0 Å². The van der Waals surface area contributed by atoms with Crippen LogP contribution in [0.15, 0.2) is 95.5 Å². The number of benzene rings is 3. The van der Waals surface area contributed by atoms with Crippen LogP contribution in [-0.4, -0.2) is 9.97 Å². The van der Waals surface area contributed by atoms with Crippen molar-refractivity contribution in [2.75, 3.05) is 4.90 Å². The van der Waals surface area contributed by atoms with Gasteiger partial charge in [-0.05, 0) is 59.7 Å². The molecule has 3 aromatic carbocycles. The first-order valence-electron chi connectivity index (χ1n) is 10.4. The molecular weight excluding hydrogens is 382 g/mol. The van der Waals surface area contributed by atoms with Gasteiger partial charge in [0.05, 0.1) is 11.4 Å². The third kappa shape index (κ3) is 2.68. The second kappa shape index (κ2) is 6.54. The SMILES string of the molecule is CC1(C)c2ccccc2N(c2ccc(-c3nc4ncccc4o3)cc2)c2ccccc21. The number of anilines is 3. The highest BCUT2D eigenvalue weighted by atomic mass is 16.3. The van der Waals surface area contributed by atoms with Crippen LogP contribution in [-0.2, 0) is 5.41 Å². The Labute approximate surface area is 180 Å². The number of fused-ring (bicyclic) bond motifs is 3. The molecule has 150 valence electrons. The number of nitrogens with zero attached hydrogens (tertiary/aromatic N) is 3. The summed E-state index contributed by atoms with van der Waals surface area (Å²) in [6.07, 6.45) is 1.73. The predicted molar refractivity (Wildman–Crippen MR) is 124 cm³/mol. The van der Waals surface area contributed by atoms with E-state index in [2.05, 4.69) is 102 Å². The number of hydrogen-bond acceptors (Lipinski definition) is 4. The topological polar surface area (TPSA) is 42.2 Å². The van der Waals surface area contributed by atoms with Crippen LogP contribution in [0.5, 0.6) is 0 Å². The van der Waals surface area contributed by atoms with E-state index in [9.17, 15) is 0 Å². The van der Waals surface area contributed by atoms with Gasteiger partial charge in [-0.2, -0.15) is 4.98 Å². The minimum atomic E-state index is -0.0607. The smallest absolute Gasteiger partial charge is 0.228 e. The summed E-state index contributed by atoms with van der Waals surface area (Å²) < 4.78 is 5.89. The molecule has 1 aliphatic heterocycles. The highest BCUT2D eigenvalue weighted by Crippen LogP contribution is 2.51. The molecule has 0 radical (unpaired) electrons. The molecule has 31 heavy (non-hydrogen) atoms. The quantitative estimate of drug-likeness (QED) is 0.318. The summed E-state index contributed by atoms with van der Waals surface area (Å²) in [7, 11) is 0. The molecule has 0 fully saturated rings. The monoisotopic (exact) mass is 403 g/mol. The highest BCUT2D eigenvalue weighted by Gasteiger charge is 2.36. The molecule has 4 nitrogen and oxygen atoms in total. The molecule has 1 aliphatic rings. The van der Waals surface area contributed by atoms with Gasteiger partial charge in [-0.25, -0.2) is 4.98 Å². The van der Waals surface area contributed by atoms with Crippen molar-refractivity contribution in [2.45, 2.75) is 19.3 Å². The number of oxazole rings is 1. The minimum Gasteiger partial charge on any atom is -0.434 e. The summed E-state index contributed by atoms with van der Waals surface area (Å²) in [4.78, 5) is 11.1. The Morgan fingerprint density at radius 1 is 0.742 bits per heavy atom. The van der Waals surface area contributed by atoms with Crippen LogP contribution in [0.1, 0.15) is 25.0 Å². The molecule has 3 heterocycles. The molecule has 0 aliphatic carbocycles. The van der Waals surface area contributed by atoms with Crippen LogP contribution in [0.2, 0.25) is 0 Å². The Balaban J connectivity index is 1.47. The average Bonchev–Trinajstić information content (AvgIpc) is 3.24.